The molecule has 45 heavy (non-hydrogen) atoms. The molecule has 25 heteroatoms. The lowest BCUT2D eigenvalue weighted by atomic mass is 10.1. The molecule has 0 bridgehead atoms. The van der Waals surface area contributed by atoms with Crippen LogP contribution in [0.1, 0.15) is 12.5 Å². The zero-order valence-corrected chi connectivity index (χ0v) is 26.4. The second-order valence-corrected chi connectivity index (χ2v) is 16.0. The molecule has 21 nitrogen and oxygen atoms in total. The van der Waals surface area contributed by atoms with Gasteiger partial charge in [0.2, 0.25) is 5.95 Å². The predicted octanol–water partition coefficient (Wildman–Crippen LogP) is -3.42. The molecule has 242 valence electrons. The number of hydrogen-bond acceptors (Lipinski definition) is 17. The van der Waals surface area contributed by atoms with E-state index in [-0.39, 0.29) is 22.9 Å². The first kappa shape index (κ1) is 31.0. The Kier molecular flexibility index (Phi) is 7.76. The van der Waals surface area contributed by atoms with Gasteiger partial charge in [-0.1, -0.05) is 24.1 Å². The highest BCUT2D eigenvalue weighted by Crippen LogP contribution is 2.57. The third-order valence-corrected chi connectivity index (χ3v) is 10.8. The van der Waals surface area contributed by atoms with Crippen molar-refractivity contribution < 1.29 is 48.5 Å². The molecule has 3 fully saturated rings. The minimum absolute atomic E-state index is 0.00176. The van der Waals surface area contributed by atoms with Crippen molar-refractivity contribution in [3.05, 3.63) is 29.3 Å². The highest BCUT2D eigenvalue weighted by Gasteiger charge is 2.53. The van der Waals surface area contributed by atoms with Crippen molar-refractivity contribution in [1.82, 2.24) is 39.0 Å². The van der Waals surface area contributed by atoms with E-state index in [0.29, 0.717) is 11.2 Å². The van der Waals surface area contributed by atoms with Crippen LogP contribution in [0.3, 0.4) is 0 Å². The number of rotatable bonds is 2. The molecule has 4 aromatic rings. The van der Waals surface area contributed by atoms with Gasteiger partial charge < -0.3 is 46.3 Å². The molecule has 0 amide bonds. The number of H-pyrrole nitrogens is 1. The number of nitrogens with one attached hydrogen (secondary N) is 1. The van der Waals surface area contributed by atoms with Gasteiger partial charge in [-0.25, -0.2) is 24.5 Å². The van der Waals surface area contributed by atoms with Crippen LogP contribution in [0.4, 0.5) is 11.8 Å². The normalized spacial score (nSPS) is 37.7. The molecular formula is C20H27N12O9P2S2+. The van der Waals surface area contributed by atoms with Crippen molar-refractivity contribution in [2.45, 2.75) is 49.0 Å². The van der Waals surface area contributed by atoms with E-state index in [1.807, 2.05) is 0 Å². The molecule has 0 saturated carbocycles. The Labute approximate surface area is 261 Å². The summed E-state index contributed by atoms with van der Waals surface area (Å²) >= 11 is 9.42. The van der Waals surface area contributed by atoms with Crippen LogP contribution in [-0.2, 0) is 43.9 Å². The van der Waals surface area contributed by atoms with Gasteiger partial charge in [0, 0.05) is 0 Å². The van der Waals surface area contributed by atoms with Gasteiger partial charge in [-0.3, -0.25) is 28.0 Å². The zero-order chi connectivity index (χ0) is 31.8. The van der Waals surface area contributed by atoms with Gasteiger partial charge in [0.05, 0.1) is 25.9 Å². The summed E-state index contributed by atoms with van der Waals surface area (Å²) in [5.74, 6) is 0.0165. The van der Waals surface area contributed by atoms with Crippen LogP contribution in [-0.4, -0.2) is 88.8 Å². The van der Waals surface area contributed by atoms with Crippen LogP contribution in [0.25, 0.3) is 22.3 Å². The maximum absolute atomic E-state index is 13.5. The Morgan fingerprint density at radius 3 is 2.24 bits per heavy atom. The maximum atomic E-state index is 13.5. The van der Waals surface area contributed by atoms with Crippen molar-refractivity contribution in [2.75, 3.05) is 24.7 Å². The Hall–Kier alpha value is -2.63. The molecular weight excluding hydrogens is 678 g/mol. The number of aromatic amines is 1. The first-order chi connectivity index (χ1) is 21.3. The number of ether oxygens (including phenoxy) is 2. The third kappa shape index (κ3) is 5.56. The van der Waals surface area contributed by atoms with Gasteiger partial charge in [-0.15, -0.1) is 0 Å². The number of fused-ring (bicyclic) bond motifs is 4. The minimum atomic E-state index is -4.24. The largest absolute Gasteiger partial charge is 0.780 e. The average molecular weight is 706 g/mol. The standard InChI is InChI=1S/C20H26N12O9P2S2/c21-8-12-6(38-18(8)31-4-27-10-14(23)25-3-26-15(10)31)1-36-43(35,45)41-13-7(2-37-42(34,44)40-12)39-19(9(13)22)32-5-28-11-16(32)29-20(24)30-17(11)33/h3-9,12-13,18-19H,1-2,21-22H2,(H,34,44)(H,35,45)(H2,23,25,26)(H3,24,29,30,33)/p+1/t6-,7-,8?,9?,12+,13+,18-,19-,42?,43?/m1/s1. The smallest absolute Gasteiger partial charge is 0.386 e. The number of nitrogens with zero attached hydrogens (tertiary/aromatic N) is 7. The molecule has 0 spiro atoms. The van der Waals surface area contributed by atoms with E-state index in [0.717, 1.165) is 0 Å². The van der Waals surface area contributed by atoms with Crippen LogP contribution in [0, 0.1) is 0 Å². The second-order valence-electron chi connectivity index (χ2n) is 10.5. The first-order valence-electron chi connectivity index (χ1n) is 13.2. The number of nitrogens with two attached hydrogens (primary N) is 2. The molecule has 3 aliphatic rings. The van der Waals surface area contributed by atoms with Crippen molar-refractivity contribution in [1.29, 1.82) is 0 Å². The summed E-state index contributed by atoms with van der Waals surface area (Å²) in [6.45, 7) is -9.21. The van der Waals surface area contributed by atoms with E-state index in [9.17, 15) is 14.3 Å². The van der Waals surface area contributed by atoms with Crippen LogP contribution in [0.5, 0.6) is 0 Å². The predicted molar refractivity (Wildman–Crippen MR) is 156 cm³/mol. The lowest BCUT2D eigenvalue weighted by molar-refractivity contribution is -0.446. The van der Waals surface area contributed by atoms with Crippen LogP contribution < -0.4 is 33.4 Å². The second kappa shape index (κ2) is 11.3. The summed E-state index contributed by atoms with van der Waals surface area (Å²) in [5.41, 5.74) is 20.2. The highest BCUT2D eigenvalue weighted by molar-refractivity contribution is 8.44. The summed E-state index contributed by atoms with van der Waals surface area (Å²) in [6, 6.07) is -1.60. The van der Waals surface area contributed by atoms with E-state index in [1.54, 1.807) is 4.57 Å². The van der Waals surface area contributed by atoms with Gasteiger partial charge in [0.15, 0.2) is 53.3 Å². The van der Waals surface area contributed by atoms with Crippen LogP contribution >= 0.6 is 25.8 Å². The molecule has 11 N–H and O–H groups in total. The van der Waals surface area contributed by atoms with Gasteiger partial charge in [0.25, 0.3) is 5.56 Å². The number of nitrogen functional groups attached to an aromatic ring is 2. The van der Waals surface area contributed by atoms with Crippen molar-refractivity contribution in [2.24, 2.45) is 0 Å². The molecule has 7 rings (SSSR count). The van der Waals surface area contributed by atoms with Crippen LogP contribution in [0.2, 0.25) is 0 Å². The van der Waals surface area contributed by atoms with Crippen molar-refractivity contribution in [3.8, 4) is 0 Å². The average Bonchev–Trinajstić information content (AvgIpc) is 3.72. The lowest BCUT2D eigenvalue weighted by Gasteiger charge is -2.34. The van der Waals surface area contributed by atoms with E-state index >= 15 is 0 Å². The maximum Gasteiger partial charge on any atom is 0.386 e. The van der Waals surface area contributed by atoms with E-state index in [1.165, 1.54) is 23.5 Å². The topological polar surface area (TPSA) is 310 Å². The van der Waals surface area contributed by atoms with Crippen molar-refractivity contribution >= 4 is 71.7 Å². The molecule has 10 atom stereocenters. The summed E-state index contributed by atoms with van der Waals surface area (Å²) in [5, 5.41) is 0. The minimum Gasteiger partial charge on any atom is -0.780 e. The van der Waals surface area contributed by atoms with Gasteiger partial charge in [0.1, 0.15) is 36.9 Å². The first-order valence-corrected chi connectivity index (χ1v) is 18.5. The highest BCUT2D eigenvalue weighted by atomic mass is 32.7. The Morgan fingerprint density at radius 2 is 1.56 bits per heavy atom. The number of quaternary nitrogens is 2. The molecule has 4 aromatic heterocycles. The fourth-order valence-corrected chi connectivity index (χ4v) is 8.56. The van der Waals surface area contributed by atoms with Crippen LogP contribution in [0.15, 0.2) is 23.8 Å². The number of hydrogen-bond donors (Lipinski definition) is 6. The SMILES string of the molecule is Nc1nc2c(ncn2[C@@H]2O[C@@H]3COP([O-])(=S)O[C@@H]4C([NH3+])[C@H](n5cnc6c(N)ncnc65)O[C@@H]4COP(=O)(S)O[C@@H]3C2[NH3+])c(=O)[nH]1. The van der Waals surface area contributed by atoms with E-state index in [4.69, 9.17) is 50.8 Å². The van der Waals surface area contributed by atoms with Gasteiger partial charge >= 0.3 is 6.80 Å². The Morgan fingerprint density at radius 1 is 0.956 bits per heavy atom. The number of aromatic nitrogens is 8. The fraction of sp³-hybridized carbons (Fsp3) is 0.500. The molecule has 0 aromatic carbocycles. The summed E-state index contributed by atoms with van der Waals surface area (Å²) in [7, 11) is 0. The zero-order valence-electron chi connectivity index (χ0n) is 22.9. The number of anilines is 2. The summed E-state index contributed by atoms with van der Waals surface area (Å²) in [6.07, 6.45) is -2.04. The van der Waals surface area contributed by atoms with E-state index < -0.39 is 81.2 Å². The Balaban J connectivity index is 1.17. The monoisotopic (exact) mass is 705 g/mol. The quantitative estimate of drug-likeness (QED) is 0.0873. The van der Waals surface area contributed by atoms with Crippen molar-refractivity contribution in [3.63, 3.8) is 0 Å². The molecule has 3 saturated heterocycles. The van der Waals surface area contributed by atoms with Gasteiger partial charge in [-0.2, -0.15) is 4.98 Å². The fourth-order valence-electron chi connectivity index (χ4n) is 5.58. The molecule has 3 aliphatic heterocycles. The van der Waals surface area contributed by atoms with Gasteiger partial charge in [-0.05, 0) is 0 Å². The number of imidazole rings is 2. The number of thiol groups is 1. The van der Waals surface area contributed by atoms with E-state index in [2.05, 4.69) is 53.6 Å². The summed E-state index contributed by atoms with van der Waals surface area (Å²) < 4.78 is 51.8. The summed E-state index contributed by atoms with van der Waals surface area (Å²) in [4.78, 5) is 48.8. The molecule has 0 aliphatic carbocycles. The Bertz CT molecular complexity index is 1940. The molecule has 0 radical (unpaired) electrons. The molecule has 4 unspecified atom stereocenters. The third-order valence-electron chi connectivity index (χ3n) is 7.63. The molecule has 7 heterocycles. The lowest BCUT2D eigenvalue weighted by Crippen LogP contribution is -2.68.